The summed E-state index contributed by atoms with van der Waals surface area (Å²) in [4.78, 5) is 50.0. The van der Waals surface area contributed by atoms with E-state index in [-0.39, 0.29) is 11.9 Å². The quantitative estimate of drug-likeness (QED) is 0.327. The number of rotatable bonds is 5. The predicted molar refractivity (Wildman–Crippen MR) is 85.7 cm³/mol. The van der Waals surface area contributed by atoms with E-state index < -0.39 is 29.3 Å². The van der Waals surface area contributed by atoms with Gasteiger partial charge in [0.2, 0.25) is 5.91 Å². The number of ether oxygens (including phenoxy) is 2. The lowest BCUT2D eigenvalue weighted by Crippen LogP contribution is -2.49. The SMILES string of the molecule is COC(=O)/C=C(/C(=O)OC)C(=O)N(C(=O)C(C)C)C1CCCCC1. The highest BCUT2D eigenvalue weighted by Crippen LogP contribution is 2.25. The van der Waals surface area contributed by atoms with E-state index in [4.69, 9.17) is 0 Å². The van der Waals surface area contributed by atoms with Crippen LogP contribution in [0, 0.1) is 5.92 Å². The van der Waals surface area contributed by atoms with Crippen LogP contribution in [-0.4, -0.2) is 48.9 Å². The Labute approximate surface area is 142 Å². The molecule has 0 bridgehead atoms. The van der Waals surface area contributed by atoms with Gasteiger partial charge in [-0.25, -0.2) is 9.59 Å². The molecule has 0 heterocycles. The molecule has 24 heavy (non-hydrogen) atoms. The number of esters is 2. The number of imide groups is 1. The third-order valence-electron chi connectivity index (χ3n) is 3.99. The first-order valence-corrected chi connectivity index (χ1v) is 8.08. The standard InChI is InChI=1S/C17H25NO6/c1-11(2)15(20)18(12-8-6-5-7-9-12)16(21)13(17(22)24-4)10-14(19)23-3/h10-12H,5-9H2,1-4H3/b13-10+. The lowest BCUT2D eigenvalue weighted by molar-refractivity contribution is -0.150. The van der Waals surface area contributed by atoms with E-state index in [1.54, 1.807) is 13.8 Å². The zero-order valence-electron chi connectivity index (χ0n) is 14.7. The Bertz CT molecular complexity index is 531. The number of amides is 2. The van der Waals surface area contributed by atoms with E-state index >= 15 is 0 Å². The van der Waals surface area contributed by atoms with Gasteiger partial charge in [0.05, 0.1) is 14.2 Å². The normalized spacial score (nSPS) is 15.8. The molecule has 1 aliphatic carbocycles. The molecule has 0 aromatic rings. The van der Waals surface area contributed by atoms with Gasteiger partial charge in [-0.3, -0.25) is 14.5 Å². The van der Waals surface area contributed by atoms with Crippen LogP contribution in [0.5, 0.6) is 0 Å². The minimum Gasteiger partial charge on any atom is -0.466 e. The maximum atomic E-state index is 12.9. The minimum absolute atomic E-state index is 0.271. The molecule has 1 rings (SSSR count). The molecule has 0 spiro atoms. The topological polar surface area (TPSA) is 90.0 Å². The fourth-order valence-electron chi connectivity index (χ4n) is 2.69. The molecule has 134 valence electrons. The fourth-order valence-corrected chi connectivity index (χ4v) is 2.69. The molecule has 1 aliphatic rings. The fraction of sp³-hybridized carbons (Fsp3) is 0.647. The molecule has 7 heteroatoms. The molecule has 0 radical (unpaired) electrons. The average molecular weight is 339 g/mol. The molecule has 2 amide bonds. The molecule has 0 aromatic carbocycles. The maximum absolute atomic E-state index is 12.9. The van der Waals surface area contributed by atoms with Crippen molar-refractivity contribution in [2.75, 3.05) is 14.2 Å². The molecule has 7 nitrogen and oxygen atoms in total. The largest absolute Gasteiger partial charge is 0.466 e. The van der Waals surface area contributed by atoms with Crippen molar-refractivity contribution in [2.45, 2.75) is 52.0 Å². The monoisotopic (exact) mass is 339 g/mol. The molecule has 0 N–H and O–H groups in total. The second-order valence-electron chi connectivity index (χ2n) is 6.03. The van der Waals surface area contributed by atoms with Crippen LogP contribution in [0.25, 0.3) is 0 Å². The van der Waals surface area contributed by atoms with E-state index in [1.165, 1.54) is 0 Å². The summed E-state index contributed by atoms with van der Waals surface area (Å²) in [6, 6.07) is -0.271. The number of carbonyl (C=O) groups excluding carboxylic acids is 4. The summed E-state index contributed by atoms with van der Waals surface area (Å²) in [7, 11) is 2.24. The Hall–Kier alpha value is -2.18. The van der Waals surface area contributed by atoms with Crippen molar-refractivity contribution >= 4 is 23.8 Å². The highest BCUT2D eigenvalue weighted by molar-refractivity contribution is 6.22. The van der Waals surface area contributed by atoms with Gasteiger partial charge >= 0.3 is 11.9 Å². The van der Waals surface area contributed by atoms with Gasteiger partial charge in [-0.05, 0) is 12.8 Å². The first-order valence-electron chi connectivity index (χ1n) is 8.08. The van der Waals surface area contributed by atoms with Crippen LogP contribution in [0.1, 0.15) is 46.0 Å². The van der Waals surface area contributed by atoms with E-state index in [9.17, 15) is 19.2 Å². The highest BCUT2D eigenvalue weighted by atomic mass is 16.5. The molecule has 0 saturated heterocycles. The summed E-state index contributed by atoms with van der Waals surface area (Å²) >= 11 is 0. The third kappa shape index (κ3) is 4.91. The van der Waals surface area contributed by atoms with Crippen molar-refractivity contribution in [1.82, 2.24) is 4.90 Å². The van der Waals surface area contributed by atoms with E-state index in [0.29, 0.717) is 12.8 Å². The number of hydrogen-bond donors (Lipinski definition) is 0. The third-order valence-corrected chi connectivity index (χ3v) is 3.99. The second kappa shape index (κ2) is 9.20. The first-order chi connectivity index (χ1) is 11.3. The maximum Gasteiger partial charge on any atom is 0.343 e. The van der Waals surface area contributed by atoms with Crippen molar-refractivity contribution in [3.63, 3.8) is 0 Å². The van der Waals surface area contributed by atoms with Crippen LogP contribution in [0.2, 0.25) is 0 Å². The van der Waals surface area contributed by atoms with Gasteiger partial charge in [0.15, 0.2) is 0 Å². The summed E-state index contributed by atoms with van der Waals surface area (Å²) in [5.74, 6) is -3.41. The number of methoxy groups -OCH3 is 2. The highest BCUT2D eigenvalue weighted by Gasteiger charge is 2.36. The van der Waals surface area contributed by atoms with Gasteiger partial charge in [-0.1, -0.05) is 33.1 Å². The number of nitrogens with zero attached hydrogens (tertiary/aromatic N) is 1. The van der Waals surface area contributed by atoms with Crippen LogP contribution in [0.3, 0.4) is 0 Å². The van der Waals surface area contributed by atoms with Gasteiger partial charge in [0, 0.05) is 18.0 Å². The zero-order valence-corrected chi connectivity index (χ0v) is 14.7. The Morgan fingerprint density at radius 1 is 1.00 bits per heavy atom. The summed E-state index contributed by atoms with van der Waals surface area (Å²) in [5, 5.41) is 0. The van der Waals surface area contributed by atoms with Crippen molar-refractivity contribution in [3.8, 4) is 0 Å². The van der Waals surface area contributed by atoms with E-state index in [0.717, 1.165) is 44.5 Å². The molecule has 1 saturated carbocycles. The van der Waals surface area contributed by atoms with Gasteiger partial charge in [-0.2, -0.15) is 0 Å². The first kappa shape index (κ1) is 19.9. The van der Waals surface area contributed by atoms with Gasteiger partial charge in [0.1, 0.15) is 5.57 Å². The zero-order chi connectivity index (χ0) is 18.3. The molecular weight excluding hydrogens is 314 g/mol. The van der Waals surface area contributed by atoms with Crippen LogP contribution >= 0.6 is 0 Å². The van der Waals surface area contributed by atoms with Crippen molar-refractivity contribution < 1.29 is 28.7 Å². The lowest BCUT2D eigenvalue weighted by Gasteiger charge is -2.34. The van der Waals surface area contributed by atoms with Gasteiger partial charge in [0.25, 0.3) is 5.91 Å². The Kier molecular flexibility index (Phi) is 7.61. The molecule has 0 atom stereocenters. The van der Waals surface area contributed by atoms with Crippen LogP contribution in [-0.2, 0) is 28.7 Å². The molecule has 1 fully saturated rings. The second-order valence-corrected chi connectivity index (χ2v) is 6.03. The summed E-state index contributed by atoms with van der Waals surface area (Å²) in [6.45, 7) is 3.38. The molecular formula is C17H25NO6. The van der Waals surface area contributed by atoms with Crippen LogP contribution in [0.4, 0.5) is 0 Å². The number of hydrogen-bond acceptors (Lipinski definition) is 6. The van der Waals surface area contributed by atoms with Crippen LogP contribution in [0.15, 0.2) is 11.6 Å². The summed E-state index contributed by atoms with van der Waals surface area (Å²) in [5.41, 5.74) is -0.496. The Morgan fingerprint density at radius 2 is 1.58 bits per heavy atom. The Morgan fingerprint density at radius 3 is 2.04 bits per heavy atom. The Balaban J connectivity index is 3.23. The minimum atomic E-state index is -0.970. The van der Waals surface area contributed by atoms with Gasteiger partial charge < -0.3 is 9.47 Å². The smallest absolute Gasteiger partial charge is 0.343 e. The van der Waals surface area contributed by atoms with Gasteiger partial charge in [-0.15, -0.1) is 0 Å². The molecule has 0 aliphatic heterocycles. The number of carbonyl (C=O) groups is 4. The molecule has 0 unspecified atom stereocenters. The van der Waals surface area contributed by atoms with E-state index in [1.807, 2.05) is 0 Å². The van der Waals surface area contributed by atoms with Crippen LogP contribution < -0.4 is 0 Å². The summed E-state index contributed by atoms with van der Waals surface area (Å²) in [6.07, 6.45) is 5.03. The summed E-state index contributed by atoms with van der Waals surface area (Å²) < 4.78 is 9.06. The van der Waals surface area contributed by atoms with Crippen molar-refractivity contribution in [1.29, 1.82) is 0 Å². The average Bonchev–Trinajstić information content (AvgIpc) is 2.59. The predicted octanol–water partition coefficient (Wildman–Crippen LogP) is 1.60. The molecule has 0 aromatic heterocycles. The van der Waals surface area contributed by atoms with E-state index in [2.05, 4.69) is 9.47 Å². The lowest BCUT2D eigenvalue weighted by atomic mass is 9.92. The van der Waals surface area contributed by atoms with Crippen molar-refractivity contribution in [3.05, 3.63) is 11.6 Å². The van der Waals surface area contributed by atoms with Crippen molar-refractivity contribution in [2.24, 2.45) is 5.92 Å².